The molecule has 0 aromatic carbocycles. The molecule has 0 aromatic heterocycles. The van der Waals surface area contributed by atoms with Gasteiger partial charge in [-0.15, -0.1) is 0 Å². The summed E-state index contributed by atoms with van der Waals surface area (Å²) in [6.45, 7) is 21.4. The van der Waals surface area contributed by atoms with E-state index in [0.29, 0.717) is 0 Å². The van der Waals surface area contributed by atoms with E-state index in [2.05, 4.69) is 26.3 Å². The van der Waals surface area contributed by atoms with E-state index >= 15 is 0 Å². The minimum absolute atomic E-state index is 0.158. The lowest BCUT2D eigenvalue weighted by atomic mass is 9.94. The van der Waals surface area contributed by atoms with Crippen LogP contribution >= 0.6 is 0 Å². The fraction of sp³-hybridized carbons (Fsp3) is 0.533. The van der Waals surface area contributed by atoms with Gasteiger partial charge in [0, 0.05) is 22.3 Å². The summed E-state index contributed by atoms with van der Waals surface area (Å²) in [4.78, 5) is 72.1. The van der Waals surface area contributed by atoms with Gasteiger partial charge in [0.15, 0.2) is 0 Å². The molecule has 0 saturated heterocycles. The zero-order valence-electron chi connectivity index (χ0n) is 25.4. The van der Waals surface area contributed by atoms with Crippen molar-refractivity contribution in [3.63, 3.8) is 0 Å². The molecule has 0 bridgehead atoms. The van der Waals surface area contributed by atoms with Crippen molar-refractivity contribution in [2.45, 2.75) is 54.4 Å². The Morgan fingerprint density at radius 3 is 0.810 bits per heavy atom. The average molecular weight is 595 g/mol. The van der Waals surface area contributed by atoms with Gasteiger partial charge in [0.05, 0.1) is 23.7 Å². The van der Waals surface area contributed by atoms with Crippen LogP contribution in [-0.2, 0) is 57.2 Å². The van der Waals surface area contributed by atoms with Crippen molar-refractivity contribution in [2.24, 2.45) is 10.8 Å². The second-order valence-electron chi connectivity index (χ2n) is 10.9. The summed E-state index contributed by atoms with van der Waals surface area (Å²) in [7, 11) is 0. The first-order valence-electron chi connectivity index (χ1n) is 12.9. The summed E-state index contributed by atoms with van der Waals surface area (Å²) >= 11 is 0. The number of carbonyl (C=O) groups excluding carboxylic acids is 6. The monoisotopic (exact) mass is 594 g/mol. The molecule has 0 aliphatic heterocycles. The Balaban J connectivity index is 5.09. The van der Waals surface area contributed by atoms with E-state index in [-0.39, 0.29) is 74.8 Å². The van der Waals surface area contributed by atoms with Gasteiger partial charge in [-0.25, -0.2) is 19.2 Å². The third-order valence-electron chi connectivity index (χ3n) is 5.30. The van der Waals surface area contributed by atoms with Crippen LogP contribution in [0.4, 0.5) is 0 Å². The van der Waals surface area contributed by atoms with Crippen LogP contribution in [0.2, 0.25) is 0 Å². The smallest absolute Gasteiger partial charge is 0.333 e. The maximum absolute atomic E-state index is 12.4. The highest BCUT2D eigenvalue weighted by Crippen LogP contribution is 2.22. The molecule has 0 heterocycles. The van der Waals surface area contributed by atoms with Crippen molar-refractivity contribution >= 4 is 35.8 Å². The standard InChI is InChI=1S/C30H42O12/c1-19(2)25(33)39-15-29(9,16-40-26(34)20(3)4)13-37-23(31)11-12-24(32)38-14-30(10,17-41-27(35)21(5)6)18-42-28(36)22(7)8/h1,3,5,7,11-18H2,2,4,6,8-10H3. The first-order chi connectivity index (χ1) is 19.3. The van der Waals surface area contributed by atoms with E-state index in [1.54, 1.807) is 13.8 Å². The molecule has 12 heteroatoms. The average Bonchev–Trinajstić information content (AvgIpc) is 2.92. The second kappa shape index (κ2) is 17.6. The summed E-state index contributed by atoms with van der Waals surface area (Å²) < 4.78 is 31.2. The van der Waals surface area contributed by atoms with Crippen LogP contribution in [0, 0.1) is 10.8 Å². The van der Waals surface area contributed by atoms with Gasteiger partial charge in [0.25, 0.3) is 0 Å². The van der Waals surface area contributed by atoms with Crippen molar-refractivity contribution in [1.29, 1.82) is 0 Å². The van der Waals surface area contributed by atoms with Crippen LogP contribution < -0.4 is 0 Å². The molecule has 0 spiro atoms. The Labute approximate surface area is 246 Å². The van der Waals surface area contributed by atoms with Gasteiger partial charge in [-0.1, -0.05) is 26.3 Å². The molecule has 42 heavy (non-hydrogen) atoms. The number of rotatable bonds is 19. The van der Waals surface area contributed by atoms with Crippen LogP contribution in [0.15, 0.2) is 48.6 Å². The first-order valence-corrected chi connectivity index (χ1v) is 12.9. The van der Waals surface area contributed by atoms with Gasteiger partial charge in [-0.05, 0) is 41.5 Å². The van der Waals surface area contributed by atoms with Crippen LogP contribution in [0.5, 0.6) is 0 Å². The molecule has 12 nitrogen and oxygen atoms in total. The molecular weight excluding hydrogens is 552 g/mol. The Morgan fingerprint density at radius 1 is 0.429 bits per heavy atom. The zero-order chi connectivity index (χ0) is 32.7. The summed E-state index contributed by atoms with van der Waals surface area (Å²) in [5.74, 6) is -4.20. The summed E-state index contributed by atoms with van der Waals surface area (Å²) in [5.41, 5.74) is -1.57. The lowest BCUT2D eigenvalue weighted by molar-refractivity contribution is -0.163. The molecule has 0 aliphatic rings. The highest BCUT2D eigenvalue weighted by Gasteiger charge is 2.33. The molecule has 0 aromatic rings. The zero-order valence-corrected chi connectivity index (χ0v) is 25.4. The number of hydrogen-bond acceptors (Lipinski definition) is 12. The van der Waals surface area contributed by atoms with Crippen LogP contribution in [0.25, 0.3) is 0 Å². The summed E-state index contributed by atoms with van der Waals surface area (Å²) in [5, 5.41) is 0. The SMILES string of the molecule is C=C(C)C(=O)OCC(C)(COC(=O)CCC(=O)OCC(C)(COC(=O)C(=C)C)COC(=O)C(=C)C)COC(=O)C(=C)C. The highest BCUT2D eigenvalue weighted by atomic mass is 16.6. The predicted octanol–water partition coefficient (Wildman–Crippen LogP) is 3.34. The first kappa shape index (κ1) is 37.8. The third kappa shape index (κ3) is 15.5. The normalized spacial score (nSPS) is 10.9. The van der Waals surface area contributed by atoms with Gasteiger partial charge in [-0.2, -0.15) is 0 Å². The van der Waals surface area contributed by atoms with Crippen molar-refractivity contribution < 1.29 is 57.2 Å². The Morgan fingerprint density at radius 2 is 0.619 bits per heavy atom. The largest absolute Gasteiger partial charge is 0.465 e. The van der Waals surface area contributed by atoms with Gasteiger partial charge >= 0.3 is 35.8 Å². The topological polar surface area (TPSA) is 158 Å². The highest BCUT2D eigenvalue weighted by molar-refractivity contribution is 5.88. The molecular formula is C30H42O12. The van der Waals surface area contributed by atoms with E-state index in [9.17, 15) is 28.8 Å². The van der Waals surface area contributed by atoms with Crippen LogP contribution in [0.3, 0.4) is 0 Å². The summed E-state index contributed by atoms with van der Waals surface area (Å²) in [6.07, 6.45) is -0.698. The van der Waals surface area contributed by atoms with E-state index in [1.165, 1.54) is 27.7 Å². The van der Waals surface area contributed by atoms with Crippen molar-refractivity contribution in [3.8, 4) is 0 Å². The van der Waals surface area contributed by atoms with Crippen molar-refractivity contribution in [1.82, 2.24) is 0 Å². The molecule has 234 valence electrons. The van der Waals surface area contributed by atoms with E-state index in [0.717, 1.165) is 0 Å². The Bertz CT molecular complexity index is 952. The van der Waals surface area contributed by atoms with Gasteiger partial charge in [-0.3, -0.25) is 9.59 Å². The van der Waals surface area contributed by atoms with Crippen LogP contribution in [0.1, 0.15) is 54.4 Å². The lowest BCUT2D eigenvalue weighted by Gasteiger charge is -2.28. The molecule has 0 fully saturated rings. The van der Waals surface area contributed by atoms with Crippen molar-refractivity contribution in [3.05, 3.63) is 48.6 Å². The number of hydrogen-bond donors (Lipinski definition) is 0. The fourth-order valence-corrected chi connectivity index (χ4v) is 2.56. The van der Waals surface area contributed by atoms with Gasteiger partial charge in [0.2, 0.25) is 0 Å². The Hall–Kier alpha value is -4.22. The number of esters is 6. The third-order valence-corrected chi connectivity index (χ3v) is 5.30. The van der Waals surface area contributed by atoms with Gasteiger partial charge < -0.3 is 28.4 Å². The molecule has 0 unspecified atom stereocenters. The lowest BCUT2D eigenvalue weighted by Crippen LogP contribution is -2.37. The quantitative estimate of drug-likeness (QED) is 0.122. The fourth-order valence-electron chi connectivity index (χ4n) is 2.56. The molecule has 0 radical (unpaired) electrons. The maximum atomic E-state index is 12.4. The molecule has 0 atom stereocenters. The molecule has 0 amide bonds. The minimum Gasteiger partial charge on any atom is -0.465 e. The molecule has 0 saturated carbocycles. The van der Waals surface area contributed by atoms with Crippen molar-refractivity contribution in [2.75, 3.05) is 39.6 Å². The number of carbonyl (C=O) groups is 6. The van der Waals surface area contributed by atoms with E-state index in [1.807, 2.05) is 0 Å². The van der Waals surface area contributed by atoms with E-state index < -0.39 is 46.6 Å². The summed E-state index contributed by atoms with van der Waals surface area (Å²) in [6, 6.07) is 0. The Kier molecular flexibility index (Phi) is 15.8. The van der Waals surface area contributed by atoms with Crippen LogP contribution in [-0.4, -0.2) is 75.5 Å². The maximum Gasteiger partial charge on any atom is 0.333 e. The molecule has 0 aliphatic carbocycles. The predicted molar refractivity (Wildman–Crippen MR) is 150 cm³/mol. The molecule has 0 N–H and O–H groups in total. The van der Waals surface area contributed by atoms with E-state index in [4.69, 9.17) is 28.4 Å². The second-order valence-corrected chi connectivity index (χ2v) is 10.9. The minimum atomic E-state index is -1.10. The van der Waals surface area contributed by atoms with Gasteiger partial charge in [0.1, 0.15) is 39.6 Å². The number of ether oxygens (including phenoxy) is 6. The molecule has 0 rings (SSSR count).